The number of hydrogen-bond donors (Lipinski definition) is 2. The van der Waals surface area contributed by atoms with Crippen LogP contribution < -0.4 is 15.5 Å². The quantitative estimate of drug-likeness (QED) is 0.539. The molecule has 2 aromatic rings. The zero-order chi connectivity index (χ0) is 19.1. The number of anilines is 3. The lowest BCUT2D eigenvalue weighted by Gasteiger charge is -2.36. The fourth-order valence-electron chi connectivity index (χ4n) is 2.62. The van der Waals surface area contributed by atoms with Gasteiger partial charge in [-0.3, -0.25) is 4.57 Å². The van der Waals surface area contributed by atoms with E-state index in [0.717, 1.165) is 31.3 Å². The Morgan fingerprint density at radius 1 is 1.04 bits per heavy atom. The van der Waals surface area contributed by atoms with E-state index >= 15 is 0 Å². The summed E-state index contributed by atoms with van der Waals surface area (Å²) in [6, 6.07) is 0. The fourth-order valence-corrected chi connectivity index (χ4v) is 2.92. The first-order valence-corrected chi connectivity index (χ1v) is 9.10. The summed E-state index contributed by atoms with van der Waals surface area (Å²) < 4.78 is 1.85. The van der Waals surface area contributed by atoms with E-state index in [1.807, 2.05) is 10.8 Å². The van der Waals surface area contributed by atoms with Gasteiger partial charge in [0.25, 0.3) is 0 Å². The Balaban J connectivity index is 1.69. The number of rotatable bonds is 7. The van der Waals surface area contributed by atoms with E-state index in [4.69, 9.17) is 12.2 Å². The summed E-state index contributed by atoms with van der Waals surface area (Å²) in [6.45, 7) is 11.7. The number of piperazine rings is 1. The minimum atomic E-state index is 0.517. The molecule has 27 heavy (non-hydrogen) atoms. The molecule has 0 spiro atoms. The molecule has 0 saturated carbocycles. The maximum atomic E-state index is 5.54. The van der Waals surface area contributed by atoms with E-state index in [-0.39, 0.29) is 0 Å². The molecule has 0 radical (unpaired) electrons. The zero-order valence-corrected chi connectivity index (χ0v) is 15.9. The monoisotopic (exact) mass is 385 g/mol. The Morgan fingerprint density at radius 2 is 1.67 bits per heavy atom. The maximum absolute atomic E-state index is 5.54. The third-order valence-electron chi connectivity index (χ3n) is 3.99. The van der Waals surface area contributed by atoms with E-state index in [1.165, 1.54) is 0 Å². The van der Waals surface area contributed by atoms with Gasteiger partial charge in [0.2, 0.25) is 17.8 Å². The van der Waals surface area contributed by atoms with Gasteiger partial charge in [0.05, 0.1) is 0 Å². The first-order chi connectivity index (χ1) is 13.2. The van der Waals surface area contributed by atoms with Gasteiger partial charge in [-0.2, -0.15) is 15.0 Å². The number of nitrogens with zero attached hydrogens (tertiary/aromatic N) is 7. The van der Waals surface area contributed by atoms with E-state index in [9.17, 15) is 0 Å². The summed E-state index contributed by atoms with van der Waals surface area (Å²) in [6.07, 6.45) is 8.82. The van der Waals surface area contributed by atoms with E-state index in [2.05, 4.69) is 53.5 Å². The van der Waals surface area contributed by atoms with Gasteiger partial charge >= 0.3 is 0 Å². The number of thiocarbonyl (C=S) groups is 1. The van der Waals surface area contributed by atoms with Crippen molar-refractivity contribution in [1.82, 2.24) is 29.4 Å². The summed E-state index contributed by atoms with van der Waals surface area (Å²) in [7, 11) is 0. The molecule has 1 saturated heterocycles. The van der Waals surface area contributed by atoms with E-state index < -0.39 is 0 Å². The molecule has 142 valence electrons. The normalized spacial score (nSPS) is 13.9. The second-order valence-corrected chi connectivity index (χ2v) is 6.21. The minimum absolute atomic E-state index is 0.517. The van der Waals surface area contributed by atoms with Gasteiger partial charge in [-0.05, 0) is 12.2 Å². The maximum Gasteiger partial charge on any atom is 0.232 e. The molecule has 0 unspecified atom stereocenters. The summed E-state index contributed by atoms with van der Waals surface area (Å²) in [5.74, 6) is 1.67. The average Bonchev–Trinajstić information content (AvgIpc) is 3.25. The molecule has 10 heteroatoms. The Hall–Kier alpha value is -3.01. The summed E-state index contributed by atoms with van der Waals surface area (Å²) in [4.78, 5) is 21.8. The predicted molar refractivity (Wildman–Crippen MR) is 111 cm³/mol. The van der Waals surface area contributed by atoms with Gasteiger partial charge in [0, 0.05) is 51.7 Å². The Labute approximate surface area is 163 Å². The van der Waals surface area contributed by atoms with Gasteiger partial charge in [-0.15, -0.1) is 13.2 Å². The number of nitrogens with one attached hydrogen (secondary N) is 2. The van der Waals surface area contributed by atoms with Crippen molar-refractivity contribution in [1.29, 1.82) is 0 Å². The number of imidazole rings is 1. The van der Waals surface area contributed by atoms with Crippen LogP contribution in [-0.2, 0) is 0 Å². The molecule has 1 fully saturated rings. The number of aromatic nitrogens is 5. The molecule has 9 nitrogen and oxygen atoms in total. The van der Waals surface area contributed by atoms with Crippen molar-refractivity contribution in [3.8, 4) is 0 Å². The zero-order valence-electron chi connectivity index (χ0n) is 15.1. The van der Waals surface area contributed by atoms with Crippen molar-refractivity contribution < 1.29 is 0 Å². The highest BCUT2D eigenvalue weighted by molar-refractivity contribution is 7.80. The van der Waals surface area contributed by atoms with Crippen LogP contribution in [0.2, 0.25) is 0 Å². The van der Waals surface area contributed by atoms with Crippen LogP contribution in [-0.4, -0.2) is 73.8 Å². The van der Waals surface area contributed by atoms with Crippen molar-refractivity contribution in [3.63, 3.8) is 0 Å². The minimum Gasteiger partial charge on any atom is -0.351 e. The Kier molecular flexibility index (Phi) is 6.31. The van der Waals surface area contributed by atoms with Crippen LogP contribution in [0.1, 0.15) is 0 Å². The molecule has 2 aromatic heterocycles. The summed E-state index contributed by atoms with van der Waals surface area (Å²) in [5.41, 5.74) is 0. The van der Waals surface area contributed by atoms with Crippen molar-refractivity contribution in [2.75, 3.05) is 54.8 Å². The number of hydrogen-bond acceptors (Lipinski definition) is 8. The molecule has 0 aromatic carbocycles. The SMILES string of the molecule is C=CCNc1nc(NCC=C)nc(N2CCN(C(=S)n3ccnc3)CC2)n1. The van der Waals surface area contributed by atoms with Crippen LogP contribution in [0.5, 0.6) is 0 Å². The van der Waals surface area contributed by atoms with Crippen LogP contribution in [0.3, 0.4) is 0 Å². The molecule has 1 aliphatic heterocycles. The average molecular weight is 386 g/mol. The van der Waals surface area contributed by atoms with Gasteiger partial charge in [0.15, 0.2) is 5.11 Å². The molecule has 1 aliphatic rings. The second kappa shape index (κ2) is 9.08. The van der Waals surface area contributed by atoms with Gasteiger partial charge in [0.1, 0.15) is 6.33 Å². The topological polar surface area (TPSA) is 87.0 Å². The second-order valence-electron chi connectivity index (χ2n) is 5.85. The third-order valence-corrected chi connectivity index (χ3v) is 4.46. The standard InChI is InChI=1S/C17H23N9S/c1-3-5-19-14-21-15(20-6-4-2)23-16(22-14)24-9-11-25(12-10-24)17(27)26-8-7-18-13-26/h3-4,7-8,13H,1-2,5-6,9-12H2,(H2,19,20,21,22,23). The molecule has 3 heterocycles. The van der Waals surface area contributed by atoms with Crippen molar-refractivity contribution in [2.24, 2.45) is 0 Å². The molecular weight excluding hydrogens is 362 g/mol. The van der Waals surface area contributed by atoms with Gasteiger partial charge in [-0.25, -0.2) is 4.98 Å². The Bertz CT molecular complexity index is 751. The lowest BCUT2D eigenvalue weighted by Crippen LogP contribution is -2.50. The Morgan fingerprint density at radius 3 is 2.19 bits per heavy atom. The van der Waals surface area contributed by atoms with E-state index in [1.54, 1.807) is 24.7 Å². The molecule has 0 aliphatic carbocycles. The van der Waals surface area contributed by atoms with Gasteiger partial charge < -0.3 is 20.4 Å². The van der Waals surface area contributed by atoms with E-state index in [0.29, 0.717) is 30.9 Å². The predicted octanol–water partition coefficient (Wildman–Crippen LogP) is 1.22. The summed E-state index contributed by atoms with van der Waals surface area (Å²) in [5, 5.41) is 7.00. The molecule has 0 atom stereocenters. The fraction of sp³-hybridized carbons (Fsp3) is 0.353. The van der Waals surface area contributed by atoms with Gasteiger partial charge in [-0.1, -0.05) is 12.2 Å². The van der Waals surface area contributed by atoms with Crippen LogP contribution in [0, 0.1) is 0 Å². The molecule has 3 rings (SSSR count). The van der Waals surface area contributed by atoms with Crippen LogP contribution in [0.15, 0.2) is 44.0 Å². The molecule has 0 bridgehead atoms. The first kappa shape index (κ1) is 18.8. The third kappa shape index (κ3) is 4.79. The van der Waals surface area contributed by atoms with Crippen molar-refractivity contribution in [2.45, 2.75) is 0 Å². The molecule has 0 amide bonds. The van der Waals surface area contributed by atoms with Crippen LogP contribution in [0.25, 0.3) is 0 Å². The molecule has 2 N–H and O–H groups in total. The largest absolute Gasteiger partial charge is 0.351 e. The highest BCUT2D eigenvalue weighted by atomic mass is 32.1. The lowest BCUT2D eigenvalue weighted by atomic mass is 10.3. The van der Waals surface area contributed by atoms with Crippen molar-refractivity contribution in [3.05, 3.63) is 44.0 Å². The van der Waals surface area contributed by atoms with Crippen LogP contribution in [0.4, 0.5) is 17.8 Å². The highest BCUT2D eigenvalue weighted by Crippen LogP contribution is 2.16. The lowest BCUT2D eigenvalue weighted by molar-refractivity contribution is 0.379. The smallest absolute Gasteiger partial charge is 0.232 e. The summed E-state index contributed by atoms with van der Waals surface area (Å²) >= 11 is 5.54. The molecular formula is C17H23N9S. The van der Waals surface area contributed by atoms with Crippen LogP contribution >= 0.6 is 12.2 Å². The highest BCUT2D eigenvalue weighted by Gasteiger charge is 2.22. The van der Waals surface area contributed by atoms with Crippen molar-refractivity contribution >= 4 is 35.2 Å². The first-order valence-electron chi connectivity index (χ1n) is 8.69.